The second-order valence-corrected chi connectivity index (χ2v) is 7.37. The lowest BCUT2D eigenvalue weighted by molar-refractivity contribution is -0.135. The molecule has 1 aliphatic rings. The third kappa shape index (κ3) is 6.48. The fraction of sp³-hybridized carbons (Fsp3) is 0.333. The number of methoxy groups -OCH3 is 1. The first-order valence-electron chi connectivity index (χ1n) is 9.35. The minimum absolute atomic E-state index is 0.00562. The van der Waals surface area contributed by atoms with Crippen LogP contribution in [0.2, 0.25) is 0 Å². The Balaban J connectivity index is 2.27. The summed E-state index contributed by atoms with van der Waals surface area (Å²) in [4.78, 5) is 23.3. The first-order chi connectivity index (χ1) is 14.4. The zero-order valence-electron chi connectivity index (χ0n) is 17.4. The quantitative estimate of drug-likeness (QED) is 0.212. The zero-order chi connectivity index (χ0) is 22.1. The highest BCUT2D eigenvalue weighted by Gasteiger charge is 2.25. The molecule has 0 unspecified atom stereocenters. The van der Waals surface area contributed by atoms with Gasteiger partial charge in [0.05, 0.1) is 30.9 Å². The van der Waals surface area contributed by atoms with Crippen LogP contribution in [0.4, 0.5) is 0 Å². The van der Waals surface area contributed by atoms with Crippen LogP contribution in [0.5, 0.6) is 11.5 Å². The molecule has 0 saturated carbocycles. The van der Waals surface area contributed by atoms with E-state index in [1.807, 2.05) is 32.9 Å². The summed E-state index contributed by atoms with van der Waals surface area (Å²) >= 11 is 1.01. The summed E-state index contributed by atoms with van der Waals surface area (Å²) in [6, 6.07) is 3.75. The smallest absolute Gasteiger partial charge is 0.331 e. The minimum Gasteiger partial charge on any atom is -0.490 e. The van der Waals surface area contributed by atoms with E-state index < -0.39 is 11.9 Å². The van der Waals surface area contributed by atoms with Crippen molar-refractivity contribution in [2.75, 3.05) is 13.7 Å². The maximum absolute atomic E-state index is 11.8. The van der Waals surface area contributed by atoms with E-state index in [0.717, 1.165) is 29.0 Å². The number of rotatable bonds is 9. The second-order valence-electron chi connectivity index (χ2n) is 6.34. The van der Waals surface area contributed by atoms with Gasteiger partial charge in [0.2, 0.25) is 0 Å². The van der Waals surface area contributed by atoms with Crippen LogP contribution >= 0.6 is 11.8 Å². The fourth-order valence-electron chi connectivity index (χ4n) is 2.49. The fourth-order valence-corrected chi connectivity index (χ4v) is 3.23. The van der Waals surface area contributed by atoms with Crippen molar-refractivity contribution in [3.05, 3.63) is 46.9 Å². The number of carbonyl (C=O) groups is 2. The Kier molecular flexibility index (Phi) is 8.67. The van der Waals surface area contributed by atoms with Crippen molar-refractivity contribution in [3.8, 4) is 11.5 Å². The van der Waals surface area contributed by atoms with Crippen molar-refractivity contribution in [1.82, 2.24) is 5.32 Å². The average molecular weight is 432 g/mol. The zero-order valence-corrected chi connectivity index (χ0v) is 18.2. The molecule has 0 atom stereocenters. The van der Waals surface area contributed by atoms with E-state index in [-0.39, 0.29) is 16.2 Å². The largest absolute Gasteiger partial charge is 0.490 e. The maximum atomic E-state index is 11.8. The third-order valence-corrected chi connectivity index (χ3v) is 4.53. The highest BCUT2D eigenvalue weighted by atomic mass is 32.2. The molecule has 160 valence electrons. The molecule has 30 heavy (non-hydrogen) atoms. The van der Waals surface area contributed by atoms with Crippen molar-refractivity contribution in [2.45, 2.75) is 33.3 Å². The second kappa shape index (κ2) is 11.2. The first-order valence-corrected chi connectivity index (χ1v) is 10.2. The summed E-state index contributed by atoms with van der Waals surface area (Å²) in [6.45, 7) is 10.1. The van der Waals surface area contributed by atoms with E-state index in [1.54, 1.807) is 12.3 Å². The van der Waals surface area contributed by atoms with Gasteiger partial charge in [0, 0.05) is 11.6 Å². The van der Waals surface area contributed by atoms with Crippen molar-refractivity contribution < 1.29 is 23.8 Å². The van der Waals surface area contributed by atoms with Crippen LogP contribution in [0, 0.1) is 0 Å². The Hall–Kier alpha value is -3.07. The van der Waals surface area contributed by atoms with Gasteiger partial charge in [-0.2, -0.15) is 5.10 Å². The van der Waals surface area contributed by atoms with Crippen molar-refractivity contribution >= 4 is 35.0 Å². The summed E-state index contributed by atoms with van der Waals surface area (Å²) in [6.07, 6.45) is 5.05. The number of allylic oxidation sites excluding steroid dienone is 1. The molecule has 1 aromatic carbocycles. The highest BCUT2D eigenvalue weighted by molar-refractivity contribution is 8.18. The SMILES string of the molecule is C=CCc1cc(C=N/N=C2/NC(=O)/C(=C\C(=O)OC)S2)cc(OCC)c1OC(C)C. The molecule has 0 spiro atoms. The van der Waals surface area contributed by atoms with Gasteiger partial charge < -0.3 is 14.2 Å². The van der Waals surface area contributed by atoms with Gasteiger partial charge in [0.1, 0.15) is 0 Å². The van der Waals surface area contributed by atoms with Crippen LogP contribution in [0.3, 0.4) is 0 Å². The van der Waals surface area contributed by atoms with Crippen LogP contribution in [0.1, 0.15) is 31.9 Å². The molecular formula is C21H25N3O5S. The Morgan fingerprint density at radius 2 is 2.13 bits per heavy atom. The van der Waals surface area contributed by atoms with Crippen molar-refractivity contribution in [1.29, 1.82) is 0 Å². The number of esters is 1. The molecule has 1 aromatic rings. The molecule has 1 N–H and O–H groups in total. The molecule has 1 fully saturated rings. The van der Waals surface area contributed by atoms with E-state index in [1.165, 1.54) is 7.11 Å². The molecule has 1 aliphatic heterocycles. The van der Waals surface area contributed by atoms with Gasteiger partial charge in [-0.05, 0) is 56.7 Å². The number of nitrogens with one attached hydrogen (secondary N) is 1. The average Bonchev–Trinajstić information content (AvgIpc) is 3.03. The predicted molar refractivity (Wildman–Crippen MR) is 118 cm³/mol. The molecule has 0 aromatic heterocycles. The van der Waals surface area contributed by atoms with Gasteiger partial charge in [-0.3, -0.25) is 10.1 Å². The van der Waals surface area contributed by atoms with Gasteiger partial charge in [0.15, 0.2) is 16.7 Å². The van der Waals surface area contributed by atoms with Gasteiger partial charge in [-0.15, -0.1) is 11.7 Å². The van der Waals surface area contributed by atoms with E-state index >= 15 is 0 Å². The van der Waals surface area contributed by atoms with Crippen LogP contribution in [-0.4, -0.2) is 43.1 Å². The van der Waals surface area contributed by atoms with Gasteiger partial charge in [-0.1, -0.05) is 6.08 Å². The molecule has 8 nitrogen and oxygen atoms in total. The molecular weight excluding hydrogens is 406 g/mol. The predicted octanol–water partition coefficient (Wildman–Crippen LogP) is 3.21. The summed E-state index contributed by atoms with van der Waals surface area (Å²) in [5.74, 6) is 0.263. The number of ether oxygens (including phenoxy) is 3. The molecule has 0 aliphatic carbocycles. The number of hydrogen-bond acceptors (Lipinski definition) is 8. The minimum atomic E-state index is -0.612. The Bertz CT molecular complexity index is 906. The van der Waals surface area contributed by atoms with E-state index in [4.69, 9.17) is 9.47 Å². The van der Waals surface area contributed by atoms with Crippen LogP contribution in [0.15, 0.2) is 46.0 Å². The van der Waals surface area contributed by atoms with Gasteiger partial charge >= 0.3 is 5.97 Å². The van der Waals surface area contributed by atoms with Crippen LogP contribution in [-0.2, 0) is 20.7 Å². The van der Waals surface area contributed by atoms with Crippen LogP contribution in [0.25, 0.3) is 0 Å². The number of amidine groups is 1. The molecule has 9 heteroatoms. The lowest BCUT2D eigenvalue weighted by Crippen LogP contribution is -2.19. The molecule has 2 rings (SSSR count). The van der Waals surface area contributed by atoms with E-state index in [0.29, 0.717) is 24.5 Å². The number of amides is 1. The molecule has 0 bridgehead atoms. The highest BCUT2D eigenvalue weighted by Crippen LogP contribution is 2.34. The Morgan fingerprint density at radius 1 is 1.37 bits per heavy atom. The molecule has 0 radical (unpaired) electrons. The van der Waals surface area contributed by atoms with Crippen molar-refractivity contribution in [2.24, 2.45) is 10.2 Å². The monoisotopic (exact) mass is 431 g/mol. The normalized spacial score (nSPS) is 16.4. The van der Waals surface area contributed by atoms with Crippen molar-refractivity contribution in [3.63, 3.8) is 0 Å². The number of carbonyl (C=O) groups excluding carboxylic acids is 2. The molecule has 1 heterocycles. The van der Waals surface area contributed by atoms with E-state index in [9.17, 15) is 9.59 Å². The Morgan fingerprint density at radius 3 is 2.77 bits per heavy atom. The molecule has 1 amide bonds. The number of nitrogens with zero attached hydrogens (tertiary/aromatic N) is 2. The summed E-state index contributed by atoms with van der Waals surface area (Å²) in [7, 11) is 1.24. The van der Waals surface area contributed by atoms with Crippen LogP contribution < -0.4 is 14.8 Å². The third-order valence-electron chi connectivity index (χ3n) is 3.63. The molecule has 1 saturated heterocycles. The number of benzene rings is 1. The first kappa shape index (κ1) is 23.2. The lowest BCUT2D eigenvalue weighted by Gasteiger charge is -2.18. The summed E-state index contributed by atoms with van der Waals surface area (Å²) in [5.41, 5.74) is 1.68. The van der Waals surface area contributed by atoms with Gasteiger partial charge in [-0.25, -0.2) is 4.79 Å². The summed E-state index contributed by atoms with van der Waals surface area (Å²) < 4.78 is 16.2. The van der Waals surface area contributed by atoms with Gasteiger partial charge in [0.25, 0.3) is 5.91 Å². The lowest BCUT2D eigenvalue weighted by atomic mass is 10.1. The maximum Gasteiger partial charge on any atom is 0.331 e. The van der Waals surface area contributed by atoms with E-state index in [2.05, 4.69) is 26.8 Å². The number of thioether (sulfide) groups is 1. The topological polar surface area (TPSA) is 98.6 Å². The number of hydrogen-bond donors (Lipinski definition) is 1. The standard InChI is InChI=1S/C21H25N3O5S/c1-6-8-15-9-14(10-16(28-7-2)19(15)29-13(3)4)12-22-24-21-23-20(26)17(30-21)11-18(25)27-5/h6,9-13H,1,7-8H2,2-5H3,(H,23,24,26)/b17-11+,22-12?. The Labute approximate surface area is 180 Å². The summed E-state index contributed by atoms with van der Waals surface area (Å²) in [5, 5.41) is 10.9.